The molecule has 1 aromatic rings. The largest absolute Gasteiger partial charge is 0.497 e. The van der Waals surface area contributed by atoms with E-state index in [2.05, 4.69) is 10.0 Å². The van der Waals surface area contributed by atoms with Crippen LogP contribution in [0.15, 0.2) is 23.1 Å². The standard InChI is InChI=1S/C13H18N2O5S/c1-19-10-4-5-12(11(7-10)20-2)21(17,18)14-8-9-3-6-13(16)15-9/h4-5,7,9,14H,3,6,8H2,1-2H3,(H,15,16). The number of hydrogen-bond donors (Lipinski definition) is 2. The quantitative estimate of drug-likeness (QED) is 0.785. The maximum atomic E-state index is 12.3. The van der Waals surface area contributed by atoms with Gasteiger partial charge in [-0.15, -0.1) is 0 Å². The van der Waals surface area contributed by atoms with Crippen LogP contribution >= 0.6 is 0 Å². The molecule has 7 nitrogen and oxygen atoms in total. The minimum Gasteiger partial charge on any atom is -0.497 e. The number of carbonyl (C=O) groups excluding carboxylic acids is 1. The molecular formula is C13H18N2O5S. The number of nitrogens with one attached hydrogen (secondary N) is 2. The molecule has 8 heteroatoms. The van der Waals surface area contributed by atoms with Gasteiger partial charge >= 0.3 is 0 Å². The Morgan fingerprint density at radius 1 is 1.33 bits per heavy atom. The third-order valence-electron chi connectivity index (χ3n) is 3.27. The molecule has 0 aliphatic carbocycles. The van der Waals surface area contributed by atoms with Crippen molar-refractivity contribution >= 4 is 15.9 Å². The molecule has 116 valence electrons. The second-order valence-corrected chi connectivity index (χ2v) is 6.41. The minimum absolute atomic E-state index is 0.0372. The summed E-state index contributed by atoms with van der Waals surface area (Å²) in [5.74, 6) is 0.660. The summed E-state index contributed by atoms with van der Waals surface area (Å²) in [7, 11) is -0.831. The van der Waals surface area contributed by atoms with E-state index in [1.165, 1.54) is 26.4 Å². The fourth-order valence-corrected chi connectivity index (χ4v) is 3.35. The maximum absolute atomic E-state index is 12.3. The molecular weight excluding hydrogens is 296 g/mol. The van der Waals surface area contributed by atoms with Gasteiger partial charge in [-0.2, -0.15) is 0 Å². The number of sulfonamides is 1. The van der Waals surface area contributed by atoms with Crippen molar-refractivity contribution in [2.24, 2.45) is 0 Å². The van der Waals surface area contributed by atoms with Crippen molar-refractivity contribution in [2.75, 3.05) is 20.8 Å². The van der Waals surface area contributed by atoms with Crippen LogP contribution in [0.1, 0.15) is 12.8 Å². The lowest BCUT2D eigenvalue weighted by Gasteiger charge is -2.14. The van der Waals surface area contributed by atoms with Crippen LogP contribution in [0.25, 0.3) is 0 Å². The lowest BCUT2D eigenvalue weighted by Crippen LogP contribution is -2.38. The van der Waals surface area contributed by atoms with Crippen LogP contribution in [-0.2, 0) is 14.8 Å². The third kappa shape index (κ3) is 3.64. The summed E-state index contributed by atoms with van der Waals surface area (Å²) in [6.07, 6.45) is 1.05. The fourth-order valence-electron chi connectivity index (χ4n) is 2.12. The normalized spacial score (nSPS) is 18.4. The summed E-state index contributed by atoms with van der Waals surface area (Å²) >= 11 is 0. The number of ether oxygens (including phenoxy) is 2. The van der Waals surface area contributed by atoms with Gasteiger partial charge in [-0.1, -0.05) is 0 Å². The monoisotopic (exact) mass is 314 g/mol. The number of methoxy groups -OCH3 is 2. The number of hydrogen-bond acceptors (Lipinski definition) is 5. The number of benzene rings is 1. The van der Waals surface area contributed by atoms with Crippen LogP contribution in [0.3, 0.4) is 0 Å². The average Bonchev–Trinajstić information content (AvgIpc) is 2.90. The van der Waals surface area contributed by atoms with Crippen LogP contribution in [0, 0.1) is 0 Å². The SMILES string of the molecule is COc1ccc(S(=O)(=O)NCC2CCC(=O)N2)c(OC)c1. The summed E-state index contributed by atoms with van der Waals surface area (Å²) in [5, 5.41) is 2.71. The molecule has 1 saturated heterocycles. The summed E-state index contributed by atoms with van der Waals surface area (Å²) in [5.41, 5.74) is 0. The Hall–Kier alpha value is -1.80. The molecule has 1 aliphatic rings. The molecule has 0 bridgehead atoms. The lowest BCUT2D eigenvalue weighted by molar-refractivity contribution is -0.119. The summed E-state index contributed by atoms with van der Waals surface area (Å²) < 4.78 is 37.2. The van der Waals surface area contributed by atoms with Gasteiger partial charge < -0.3 is 14.8 Å². The molecule has 0 saturated carbocycles. The van der Waals surface area contributed by atoms with Gasteiger partial charge in [0.2, 0.25) is 15.9 Å². The van der Waals surface area contributed by atoms with Gasteiger partial charge in [0.25, 0.3) is 0 Å². The van der Waals surface area contributed by atoms with Crippen LogP contribution in [0.4, 0.5) is 0 Å². The van der Waals surface area contributed by atoms with Crippen molar-refractivity contribution in [3.05, 3.63) is 18.2 Å². The van der Waals surface area contributed by atoms with E-state index in [1.54, 1.807) is 6.07 Å². The van der Waals surface area contributed by atoms with Crippen molar-refractivity contribution in [2.45, 2.75) is 23.8 Å². The van der Waals surface area contributed by atoms with Crippen molar-refractivity contribution in [1.29, 1.82) is 0 Å². The zero-order valence-corrected chi connectivity index (χ0v) is 12.7. The highest BCUT2D eigenvalue weighted by molar-refractivity contribution is 7.89. The van der Waals surface area contributed by atoms with Crippen molar-refractivity contribution < 1.29 is 22.7 Å². The van der Waals surface area contributed by atoms with E-state index in [0.717, 1.165) is 0 Å². The Kier molecular flexibility index (Phi) is 4.69. The lowest BCUT2D eigenvalue weighted by atomic mass is 10.2. The Morgan fingerprint density at radius 3 is 2.67 bits per heavy atom. The molecule has 21 heavy (non-hydrogen) atoms. The van der Waals surface area contributed by atoms with E-state index in [1.807, 2.05) is 0 Å². The molecule has 1 fully saturated rings. The molecule has 1 atom stereocenters. The van der Waals surface area contributed by atoms with Crippen molar-refractivity contribution in [3.8, 4) is 11.5 Å². The van der Waals surface area contributed by atoms with Crippen LogP contribution in [0.5, 0.6) is 11.5 Å². The van der Waals surface area contributed by atoms with Crippen LogP contribution in [0.2, 0.25) is 0 Å². The van der Waals surface area contributed by atoms with Gasteiger partial charge in [-0.3, -0.25) is 4.79 Å². The molecule has 0 radical (unpaired) electrons. The number of amides is 1. The maximum Gasteiger partial charge on any atom is 0.244 e. The molecule has 1 amide bonds. The van der Waals surface area contributed by atoms with Crippen LogP contribution < -0.4 is 19.5 Å². The first-order chi connectivity index (χ1) is 9.96. The van der Waals surface area contributed by atoms with Crippen LogP contribution in [-0.4, -0.2) is 41.1 Å². The molecule has 2 N–H and O–H groups in total. The Balaban J connectivity index is 2.13. The van der Waals surface area contributed by atoms with Gasteiger partial charge in [0.15, 0.2) is 0 Å². The predicted molar refractivity (Wildman–Crippen MR) is 75.9 cm³/mol. The van der Waals surface area contributed by atoms with Gasteiger partial charge in [0, 0.05) is 25.1 Å². The zero-order valence-electron chi connectivity index (χ0n) is 11.9. The molecule has 1 aliphatic heterocycles. The van der Waals surface area contributed by atoms with E-state index in [0.29, 0.717) is 18.6 Å². The molecule has 1 aromatic carbocycles. The summed E-state index contributed by atoms with van der Waals surface area (Å²) in [6.45, 7) is 0.156. The number of carbonyl (C=O) groups is 1. The first-order valence-corrected chi connectivity index (χ1v) is 7.95. The highest BCUT2D eigenvalue weighted by atomic mass is 32.2. The Morgan fingerprint density at radius 2 is 2.10 bits per heavy atom. The van der Waals surface area contributed by atoms with Crippen molar-refractivity contribution in [3.63, 3.8) is 0 Å². The highest BCUT2D eigenvalue weighted by Crippen LogP contribution is 2.28. The van der Waals surface area contributed by atoms with Gasteiger partial charge in [-0.25, -0.2) is 13.1 Å². The van der Waals surface area contributed by atoms with E-state index < -0.39 is 10.0 Å². The van der Waals surface area contributed by atoms with Gasteiger partial charge in [0.05, 0.1) is 14.2 Å². The first kappa shape index (κ1) is 15.6. The van der Waals surface area contributed by atoms with E-state index >= 15 is 0 Å². The average molecular weight is 314 g/mol. The van der Waals surface area contributed by atoms with E-state index in [-0.39, 0.29) is 29.1 Å². The van der Waals surface area contributed by atoms with E-state index in [4.69, 9.17) is 9.47 Å². The molecule has 1 heterocycles. The van der Waals surface area contributed by atoms with Crippen molar-refractivity contribution in [1.82, 2.24) is 10.0 Å². The van der Waals surface area contributed by atoms with Gasteiger partial charge in [0.1, 0.15) is 16.4 Å². The highest BCUT2D eigenvalue weighted by Gasteiger charge is 2.25. The summed E-state index contributed by atoms with van der Waals surface area (Å²) in [4.78, 5) is 11.1. The molecule has 1 unspecified atom stereocenters. The molecule has 0 aromatic heterocycles. The molecule has 0 spiro atoms. The van der Waals surface area contributed by atoms with E-state index in [9.17, 15) is 13.2 Å². The second kappa shape index (κ2) is 6.31. The topological polar surface area (TPSA) is 93.7 Å². The summed E-state index contributed by atoms with van der Waals surface area (Å²) in [6, 6.07) is 4.31. The Bertz CT molecular complexity index is 629. The first-order valence-electron chi connectivity index (χ1n) is 6.47. The Labute approximate surface area is 123 Å². The third-order valence-corrected chi connectivity index (χ3v) is 4.73. The zero-order chi connectivity index (χ0) is 15.5. The number of rotatable bonds is 6. The minimum atomic E-state index is -3.71. The van der Waals surface area contributed by atoms with Gasteiger partial charge in [-0.05, 0) is 18.6 Å². The smallest absolute Gasteiger partial charge is 0.244 e. The fraction of sp³-hybridized carbons (Fsp3) is 0.462. The second-order valence-electron chi connectivity index (χ2n) is 4.67. The molecule has 2 rings (SSSR count). The predicted octanol–water partition coefficient (Wildman–Crippen LogP) is 0.261.